The Labute approximate surface area is 99.2 Å². The molecule has 0 heterocycles. The van der Waals surface area contributed by atoms with E-state index in [1.807, 2.05) is 13.8 Å². The summed E-state index contributed by atoms with van der Waals surface area (Å²) in [4.78, 5) is 12.0. The molecule has 0 radical (unpaired) electrons. The van der Waals surface area contributed by atoms with Crippen LogP contribution in [0.4, 0.5) is 0 Å². The first kappa shape index (κ1) is 13.5. The van der Waals surface area contributed by atoms with Crippen LogP contribution in [0.25, 0.3) is 0 Å². The highest BCUT2D eigenvalue weighted by molar-refractivity contribution is 5.79. The molecule has 16 heavy (non-hydrogen) atoms. The summed E-state index contributed by atoms with van der Waals surface area (Å²) in [6, 6.07) is 0. The van der Waals surface area contributed by atoms with E-state index in [2.05, 4.69) is 12.2 Å². The van der Waals surface area contributed by atoms with Gasteiger partial charge in [-0.3, -0.25) is 4.79 Å². The Morgan fingerprint density at radius 3 is 2.75 bits per heavy atom. The minimum Gasteiger partial charge on any atom is -0.349 e. The second-order valence-electron chi connectivity index (χ2n) is 5.31. The van der Waals surface area contributed by atoms with E-state index >= 15 is 0 Å². The Hall–Kier alpha value is -0.570. The van der Waals surface area contributed by atoms with Gasteiger partial charge in [-0.15, -0.1) is 0 Å². The maximum Gasteiger partial charge on any atom is 0.223 e. The number of hydrogen-bond acceptors (Lipinski definition) is 2. The molecule has 1 aliphatic rings. The first-order chi connectivity index (χ1) is 7.55. The highest BCUT2D eigenvalue weighted by Crippen LogP contribution is 2.33. The van der Waals surface area contributed by atoms with Crippen LogP contribution in [0, 0.1) is 11.8 Å². The number of rotatable bonds is 4. The number of carbonyl (C=O) groups excluding carboxylic acids is 1. The monoisotopic (exact) mass is 226 g/mol. The Balaban J connectivity index is 2.68. The third-order valence-electron chi connectivity index (χ3n) is 4.25. The Morgan fingerprint density at radius 1 is 1.56 bits per heavy atom. The predicted octanol–water partition coefficient (Wildman–Crippen LogP) is 2.06. The third-order valence-corrected chi connectivity index (χ3v) is 4.25. The molecule has 3 atom stereocenters. The van der Waals surface area contributed by atoms with Crippen molar-refractivity contribution in [3.8, 4) is 0 Å². The summed E-state index contributed by atoms with van der Waals surface area (Å²) < 4.78 is 0. The van der Waals surface area contributed by atoms with Gasteiger partial charge in [0.15, 0.2) is 0 Å². The third kappa shape index (κ3) is 2.76. The lowest BCUT2D eigenvalue weighted by Crippen LogP contribution is -2.60. The van der Waals surface area contributed by atoms with Crippen molar-refractivity contribution >= 4 is 5.91 Å². The minimum absolute atomic E-state index is 0.0950. The molecule has 1 aliphatic carbocycles. The lowest BCUT2D eigenvalue weighted by Gasteiger charge is -2.43. The van der Waals surface area contributed by atoms with Crippen LogP contribution in [0.2, 0.25) is 0 Å². The molecule has 0 saturated heterocycles. The predicted molar refractivity (Wildman–Crippen MR) is 67.0 cm³/mol. The molecule has 1 amide bonds. The van der Waals surface area contributed by atoms with Gasteiger partial charge in [0.2, 0.25) is 5.91 Å². The van der Waals surface area contributed by atoms with Gasteiger partial charge in [-0.2, -0.15) is 0 Å². The van der Waals surface area contributed by atoms with Crippen LogP contribution in [0.15, 0.2) is 0 Å². The van der Waals surface area contributed by atoms with Crippen LogP contribution in [0.3, 0.4) is 0 Å². The van der Waals surface area contributed by atoms with Gasteiger partial charge >= 0.3 is 0 Å². The minimum atomic E-state index is -0.140. The molecule has 0 aliphatic heterocycles. The van der Waals surface area contributed by atoms with E-state index in [1.54, 1.807) is 0 Å². The van der Waals surface area contributed by atoms with Gasteiger partial charge in [-0.05, 0) is 25.2 Å². The fourth-order valence-corrected chi connectivity index (χ4v) is 2.51. The smallest absolute Gasteiger partial charge is 0.223 e. The van der Waals surface area contributed by atoms with Crippen molar-refractivity contribution < 1.29 is 4.79 Å². The van der Waals surface area contributed by atoms with Gasteiger partial charge in [0.1, 0.15) is 0 Å². The molecule has 0 aromatic carbocycles. The van der Waals surface area contributed by atoms with Gasteiger partial charge in [0, 0.05) is 12.5 Å². The fraction of sp³-hybridized carbons (Fsp3) is 0.923. The first-order valence-electron chi connectivity index (χ1n) is 6.58. The number of amides is 1. The summed E-state index contributed by atoms with van der Waals surface area (Å²) in [5.41, 5.74) is 5.76. The van der Waals surface area contributed by atoms with Crippen molar-refractivity contribution in [1.82, 2.24) is 5.32 Å². The summed E-state index contributed by atoms with van der Waals surface area (Å²) in [5.74, 6) is 0.763. The van der Waals surface area contributed by atoms with Crippen LogP contribution < -0.4 is 11.1 Å². The molecule has 3 heteroatoms. The van der Waals surface area contributed by atoms with E-state index in [1.165, 1.54) is 19.3 Å². The molecule has 1 fully saturated rings. The van der Waals surface area contributed by atoms with Crippen LogP contribution in [0.5, 0.6) is 0 Å². The highest BCUT2D eigenvalue weighted by atomic mass is 16.2. The number of hydrogen-bond donors (Lipinski definition) is 2. The van der Waals surface area contributed by atoms with E-state index in [-0.39, 0.29) is 17.4 Å². The fourth-order valence-electron chi connectivity index (χ4n) is 2.51. The molecule has 3 nitrogen and oxygen atoms in total. The summed E-state index contributed by atoms with van der Waals surface area (Å²) in [5, 5.41) is 3.22. The molecule has 1 saturated carbocycles. The second kappa shape index (κ2) is 5.67. The SMILES string of the molecule is CCC(C)C(=O)NC1(CN)CCCCC1C. The van der Waals surface area contributed by atoms with Crippen molar-refractivity contribution in [2.45, 2.75) is 58.4 Å². The van der Waals surface area contributed by atoms with E-state index in [0.29, 0.717) is 12.5 Å². The van der Waals surface area contributed by atoms with E-state index in [4.69, 9.17) is 5.73 Å². The van der Waals surface area contributed by atoms with Crippen LogP contribution >= 0.6 is 0 Å². The van der Waals surface area contributed by atoms with Crippen molar-refractivity contribution in [3.63, 3.8) is 0 Å². The molecule has 0 spiro atoms. The number of carbonyl (C=O) groups is 1. The van der Waals surface area contributed by atoms with Gasteiger partial charge in [-0.1, -0.05) is 33.6 Å². The van der Waals surface area contributed by atoms with E-state index in [0.717, 1.165) is 12.8 Å². The van der Waals surface area contributed by atoms with Gasteiger partial charge in [0.05, 0.1) is 5.54 Å². The number of nitrogens with two attached hydrogens (primary N) is 1. The molecule has 3 unspecified atom stereocenters. The van der Waals surface area contributed by atoms with Gasteiger partial charge in [0.25, 0.3) is 0 Å². The van der Waals surface area contributed by atoms with Crippen LogP contribution in [0.1, 0.15) is 52.9 Å². The highest BCUT2D eigenvalue weighted by Gasteiger charge is 2.38. The molecular formula is C13H26N2O. The summed E-state index contributed by atoms with van der Waals surface area (Å²) >= 11 is 0. The Bertz CT molecular complexity index is 242. The van der Waals surface area contributed by atoms with E-state index < -0.39 is 0 Å². The summed E-state index contributed by atoms with van der Waals surface area (Å²) in [7, 11) is 0. The molecular weight excluding hydrogens is 200 g/mol. The zero-order valence-corrected chi connectivity index (χ0v) is 10.9. The average molecular weight is 226 g/mol. The van der Waals surface area contributed by atoms with Gasteiger partial charge < -0.3 is 11.1 Å². The van der Waals surface area contributed by atoms with Crippen molar-refractivity contribution in [3.05, 3.63) is 0 Å². The lowest BCUT2D eigenvalue weighted by molar-refractivity contribution is -0.127. The summed E-state index contributed by atoms with van der Waals surface area (Å²) in [6.45, 7) is 6.80. The molecule has 0 aromatic rings. The van der Waals surface area contributed by atoms with Crippen molar-refractivity contribution in [2.24, 2.45) is 17.6 Å². The molecule has 0 bridgehead atoms. The maximum atomic E-state index is 12.0. The maximum absolute atomic E-state index is 12.0. The Morgan fingerprint density at radius 2 is 2.25 bits per heavy atom. The molecule has 94 valence electrons. The topological polar surface area (TPSA) is 55.1 Å². The standard InChI is InChI=1S/C13H26N2O/c1-4-10(2)12(16)15-13(9-14)8-6-5-7-11(13)3/h10-11H,4-9,14H2,1-3H3,(H,15,16). The van der Waals surface area contributed by atoms with Crippen LogP contribution in [-0.2, 0) is 4.79 Å². The second-order valence-corrected chi connectivity index (χ2v) is 5.31. The lowest BCUT2D eigenvalue weighted by atomic mass is 9.73. The summed E-state index contributed by atoms with van der Waals surface area (Å²) in [6.07, 6.45) is 5.55. The largest absolute Gasteiger partial charge is 0.349 e. The normalized spacial score (nSPS) is 32.1. The van der Waals surface area contributed by atoms with Gasteiger partial charge in [-0.25, -0.2) is 0 Å². The Kier molecular flexibility index (Phi) is 4.78. The molecule has 3 N–H and O–H groups in total. The zero-order chi connectivity index (χ0) is 12.2. The molecule has 0 aromatic heterocycles. The zero-order valence-electron chi connectivity index (χ0n) is 10.9. The average Bonchev–Trinajstić information content (AvgIpc) is 2.31. The number of nitrogens with one attached hydrogen (secondary N) is 1. The van der Waals surface area contributed by atoms with Crippen molar-refractivity contribution in [2.75, 3.05) is 6.54 Å². The van der Waals surface area contributed by atoms with E-state index in [9.17, 15) is 4.79 Å². The van der Waals surface area contributed by atoms with Crippen LogP contribution in [-0.4, -0.2) is 18.0 Å². The first-order valence-corrected chi connectivity index (χ1v) is 6.58. The quantitative estimate of drug-likeness (QED) is 0.771. The molecule has 1 rings (SSSR count). The van der Waals surface area contributed by atoms with Crippen molar-refractivity contribution in [1.29, 1.82) is 0 Å².